The van der Waals surface area contributed by atoms with Gasteiger partial charge in [-0.3, -0.25) is 9.59 Å². The lowest BCUT2D eigenvalue weighted by molar-refractivity contribution is 0.300. The lowest BCUT2D eigenvalue weighted by Gasteiger charge is -2.24. The van der Waals surface area contributed by atoms with Gasteiger partial charge >= 0.3 is 11.1 Å². The van der Waals surface area contributed by atoms with Crippen LogP contribution in [0.5, 0.6) is 0 Å². The Balaban J connectivity index is 1.88. The second-order valence-corrected chi connectivity index (χ2v) is 8.55. The summed E-state index contributed by atoms with van der Waals surface area (Å²) < 4.78 is 27.9. The van der Waals surface area contributed by atoms with Crippen LogP contribution in [0, 0.1) is 0 Å². The fourth-order valence-electron chi connectivity index (χ4n) is 2.60. The van der Waals surface area contributed by atoms with Gasteiger partial charge in [0.1, 0.15) is 0 Å². The summed E-state index contributed by atoms with van der Waals surface area (Å²) in [5.41, 5.74) is 0.0292. The molecule has 2 aromatic heterocycles. The van der Waals surface area contributed by atoms with E-state index in [-0.39, 0.29) is 23.0 Å². The Hall–Kier alpha value is -2.27. The Labute approximate surface area is 153 Å². The number of hydrogen-bond acceptors (Lipinski definition) is 6. The van der Waals surface area contributed by atoms with Crippen molar-refractivity contribution in [3.63, 3.8) is 0 Å². The number of nitrogens with one attached hydrogen (secondary N) is 3. The predicted molar refractivity (Wildman–Crippen MR) is 101 cm³/mol. The number of thiophene rings is 1. The third kappa shape index (κ3) is 3.78. The van der Waals surface area contributed by atoms with E-state index < -0.39 is 21.1 Å². The van der Waals surface area contributed by atoms with Crippen molar-refractivity contribution < 1.29 is 8.42 Å². The zero-order valence-electron chi connectivity index (χ0n) is 14.1. The number of sulfonamides is 1. The average molecular weight is 394 g/mol. The summed E-state index contributed by atoms with van der Waals surface area (Å²) >= 11 is 1.55. The van der Waals surface area contributed by atoms with E-state index in [1.165, 1.54) is 18.2 Å². The Kier molecular flexibility index (Phi) is 5.10. The number of fused-ring (bicyclic) bond motifs is 1. The van der Waals surface area contributed by atoms with Gasteiger partial charge < -0.3 is 14.9 Å². The van der Waals surface area contributed by atoms with Crippen molar-refractivity contribution in [3.8, 4) is 0 Å². The highest BCUT2D eigenvalue weighted by molar-refractivity contribution is 7.89. The second kappa shape index (κ2) is 7.16. The zero-order chi connectivity index (χ0) is 18.9. The lowest BCUT2D eigenvalue weighted by Crippen LogP contribution is -2.34. The highest BCUT2D eigenvalue weighted by atomic mass is 32.2. The van der Waals surface area contributed by atoms with Gasteiger partial charge in [0, 0.05) is 12.6 Å². The molecule has 3 N–H and O–H groups in total. The number of rotatable bonds is 6. The van der Waals surface area contributed by atoms with E-state index in [1.807, 2.05) is 35.8 Å². The summed E-state index contributed by atoms with van der Waals surface area (Å²) in [7, 11) is -0.0163. The molecule has 138 valence electrons. The van der Waals surface area contributed by atoms with Crippen LogP contribution in [-0.2, 0) is 10.0 Å². The van der Waals surface area contributed by atoms with E-state index in [1.54, 1.807) is 11.3 Å². The standard InChI is InChI=1S/C16H18N4O4S2/c1-20(2)14(10-5-6-25-9-10)8-17-26(23,24)11-3-4-12-13(7-11)19-16(22)15(21)18-12/h3-7,9,14,17H,8H2,1-2H3,(H,18,21)(H,19,22). The molecule has 0 bridgehead atoms. The molecular weight excluding hydrogens is 376 g/mol. The van der Waals surface area contributed by atoms with E-state index in [2.05, 4.69) is 14.7 Å². The highest BCUT2D eigenvalue weighted by Crippen LogP contribution is 2.21. The molecule has 26 heavy (non-hydrogen) atoms. The molecule has 0 saturated carbocycles. The fourth-order valence-corrected chi connectivity index (χ4v) is 4.37. The van der Waals surface area contributed by atoms with Crippen molar-refractivity contribution in [2.75, 3.05) is 20.6 Å². The first-order valence-corrected chi connectivity index (χ1v) is 10.1. The Bertz CT molecular complexity index is 1130. The molecule has 1 unspecified atom stereocenters. The monoisotopic (exact) mass is 394 g/mol. The molecule has 10 heteroatoms. The summed E-state index contributed by atoms with van der Waals surface area (Å²) in [5.74, 6) is 0. The minimum Gasteiger partial charge on any atom is -0.316 e. The Morgan fingerprint density at radius 3 is 2.42 bits per heavy atom. The van der Waals surface area contributed by atoms with Crippen molar-refractivity contribution in [1.82, 2.24) is 19.6 Å². The molecule has 0 amide bonds. The van der Waals surface area contributed by atoms with Crippen molar-refractivity contribution in [2.24, 2.45) is 0 Å². The van der Waals surface area contributed by atoms with Gasteiger partial charge in [-0.15, -0.1) is 0 Å². The quantitative estimate of drug-likeness (QED) is 0.537. The summed E-state index contributed by atoms with van der Waals surface area (Å²) in [6.07, 6.45) is 0. The predicted octanol–water partition coefficient (Wildman–Crippen LogP) is 0.859. The summed E-state index contributed by atoms with van der Waals surface area (Å²) in [5, 5.41) is 3.93. The minimum absolute atomic E-state index is 0.00974. The molecule has 0 aliphatic carbocycles. The molecule has 1 atom stereocenters. The average Bonchev–Trinajstić information content (AvgIpc) is 3.09. The molecule has 0 fully saturated rings. The Morgan fingerprint density at radius 1 is 1.12 bits per heavy atom. The first-order valence-electron chi connectivity index (χ1n) is 7.72. The molecule has 3 aromatic rings. The molecule has 8 nitrogen and oxygen atoms in total. The van der Waals surface area contributed by atoms with E-state index in [0.717, 1.165) is 5.56 Å². The van der Waals surface area contributed by atoms with Gasteiger partial charge in [-0.05, 0) is 54.7 Å². The van der Waals surface area contributed by atoms with Gasteiger partial charge in [0.15, 0.2) is 0 Å². The van der Waals surface area contributed by atoms with Gasteiger partial charge in [0.25, 0.3) is 0 Å². The van der Waals surface area contributed by atoms with Gasteiger partial charge in [-0.1, -0.05) is 0 Å². The number of aromatic nitrogens is 2. The molecular formula is C16H18N4O4S2. The van der Waals surface area contributed by atoms with E-state index in [9.17, 15) is 18.0 Å². The molecule has 0 saturated heterocycles. The van der Waals surface area contributed by atoms with Crippen LogP contribution in [0.15, 0.2) is 49.5 Å². The molecule has 1 aromatic carbocycles. The highest BCUT2D eigenvalue weighted by Gasteiger charge is 2.20. The normalized spacial score (nSPS) is 13.3. The molecule has 0 radical (unpaired) electrons. The zero-order valence-corrected chi connectivity index (χ0v) is 15.8. The summed E-state index contributed by atoms with van der Waals surface area (Å²) in [6.45, 7) is 0.201. The van der Waals surface area contributed by atoms with E-state index >= 15 is 0 Å². The van der Waals surface area contributed by atoms with Gasteiger partial charge in [-0.25, -0.2) is 13.1 Å². The van der Waals surface area contributed by atoms with Crippen molar-refractivity contribution >= 4 is 32.4 Å². The van der Waals surface area contributed by atoms with Crippen LogP contribution in [0.25, 0.3) is 11.0 Å². The van der Waals surface area contributed by atoms with Crippen molar-refractivity contribution in [3.05, 3.63) is 61.3 Å². The van der Waals surface area contributed by atoms with E-state index in [0.29, 0.717) is 5.52 Å². The van der Waals surface area contributed by atoms with Gasteiger partial charge in [0.05, 0.1) is 15.9 Å². The second-order valence-electron chi connectivity index (χ2n) is 6.00. The third-order valence-corrected chi connectivity index (χ3v) is 6.14. The van der Waals surface area contributed by atoms with Gasteiger partial charge in [0.2, 0.25) is 10.0 Å². The van der Waals surface area contributed by atoms with Gasteiger partial charge in [-0.2, -0.15) is 11.3 Å². The molecule has 3 rings (SSSR count). The number of hydrogen-bond donors (Lipinski definition) is 3. The SMILES string of the molecule is CN(C)C(CNS(=O)(=O)c1ccc2[nH]c(=O)c(=O)[nH]c2c1)c1ccsc1. The van der Waals surface area contributed by atoms with Crippen LogP contribution >= 0.6 is 11.3 Å². The maximum absolute atomic E-state index is 12.6. The van der Waals surface area contributed by atoms with Crippen LogP contribution in [0.2, 0.25) is 0 Å². The molecule has 0 aliphatic heterocycles. The number of H-pyrrole nitrogens is 2. The number of benzene rings is 1. The topological polar surface area (TPSA) is 115 Å². The summed E-state index contributed by atoms with van der Waals surface area (Å²) in [4.78, 5) is 29.5. The van der Waals surface area contributed by atoms with Crippen LogP contribution < -0.4 is 15.8 Å². The fraction of sp³-hybridized carbons (Fsp3) is 0.250. The third-order valence-electron chi connectivity index (χ3n) is 4.02. The molecule has 0 spiro atoms. The van der Waals surface area contributed by atoms with Crippen molar-refractivity contribution in [2.45, 2.75) is 10.9 Å². The van der Waals surface area contributed by atoms with Crippen LogP contribution in [0.3, 0.4) is 0 Å². The maximum atomic E-state index is 12.6. The first kappa shape index (κ1) is 18.5. The molecule has 2 heterocycles. The maximum Gasteiger partial charge on any atom is 0.314 e. The molecule has 0 aliphatic rings. The smallest absolute Gasteiger partial charge is 0.314 e. The first-order chi connectivity index (χ1) is 12.3. The largest absolute Gasteiger partial charge is 0.316 e. The lowest BCUT2D eigenvalue weighted by atomic mass is 10.1. The number of nitrogens with zero attached hydrogens (tertiary/aromatic N) is 1. The van der Waals surface area contributed by atoms with Crippen LogP contribution in [-0.4, -0.2) is 43.9 Å². The van der Waals surface area contributed by atoms with Crippen LogP contribution in [0.4, 0.5) is 0 Å². The van der Waals surface area contributed by atoms with Crippen LogP contribution in [0.1, 0.15) is 11.6 Å². The summed E-state index contributed by atoms with van der Waals surface area (Å²) in [6, 6.07) is 6.01. The number of likely N-dealkylation sites (N-methyl/N-ethyl adjacent to an activating group) is 1. The Morgan fingerprint density at radius 2 is 1.81 bits per heavy atom. The van der Waals surface area contributed by atoms with E-state index in [4.69, 9.17) is 0 Å². The minimum atomic E-state index is -3.78. The number of aromatic amines is 2. The van der Waals surface area contributed by atoms with Crippen molar-refractivity contribution in [1.29, 1.82) is 0 Å².